The third-order valence-electron chi connectivity index (χ3n) is 14.1. The van der Waals surface area contributed by atoms with E-state index in [9.17, 15) is 19.5 Å². The Hall–Kier alpha value is -6.60. The van der Waals surface area contributed by atoms with Gasteiger partial charge in [-0.25, -0.2) is 9.37 Å². The smallest absolute Gasteiger partial charge is 0.248 e. The molecule has 6 heterocycles. The summed E-state index contributed by atoms with van der Waals surface area (Å²) in [6, 6.07) is 17.1. The van der Waals surface area contributed by atoms with Gasteiger partial charge in [-0.1, -0.05) is 61.8 Å². The van der Waals surface area contributed by atoms with Gasteiger partial charge in [0.2, 0.25) is 17.7 Å². The van der Waals surface area contributed by atoms with Crippen LogP contribution in [0.15, 0.2) is 89.6 Å². The number of nitrogens with one attached hydrogen (secondary N) is 2. The van der Waals surface area contributed by atoms with E-state index in [0.717, 1.165) is 54.0 Å². The zero-order chi connectivity index (χ0) is 51.4. The van der Waals surface area contributed by atoms with Crippen molar-refractivity contribution in [3.63, 3.8) is 0 Å². The largest absolute Gasteiger partial charge is 0.490 e. The van der Waals surface area contributed by atoms with Crippen molar-refractivity contribution in [2.45, 2.75) is 117 Å². The Kier molecular flexibility index (Phi) is 13.9. The van der Waals surface area contributed by atoms with Gasteiger partial charge in [0.05, 0.1) is 46.6 Å². The molecule has 2 aliphatic heterocycles. The summed E-state index contributed by atoms with van der Waals surface area (Å²) in [4.78, 5) is 55.3. The molecular formula is C54H56ClFN10O5S2. The van der Waals surface area contributed by atoms with Crippen LogP contribution in [-0.4, -0.2) is 93.8 Å². The predicted molar refractivity (Wildman–Crippen MR) is 280 cm³/mol. The van der Waals surface area contributed by atoms with Gasteiger partial charge >= 0.3 is 0 Å². The number of likely N-dealkylation sites (tertiary alicyclic amines) is 1. The number of benzene rings is 3. The molecule has 0 unspecified atom stereocenters. The molecule has 0 radical (unpaired) electrons. The highest BCUT2D eigenvalue weighted by molar-refractivity contribution is 7.15. The number of fused-ring (bicyclic) bond motifs is 3. The monoisotopic (exact) mass is 1040 g/mol. The predicted octanol–water partition coefficient (Wildman–Crippen LogP) is 9.39. The normalized spacial score (nSPS) is 20.1. The van der Waals surface area contributed by atoms with Gasteiger partial charge in [-0.15, -0.1) is 32.9 Å². The SMILES string of the molecule is Cc1ncsc1-c1ccc([C@H](C)NC(=O)[C@@H]2C[C@@H](O)CN2C(=O)[C@H](C(C)C)n2cc(-c3cc(F)cc(O[C@H]4C[C@@H](NC(=O)C[C@@H]5N=C(c6ccc(Cl)cc6)c6c(sc(C)c6C)-n6c(C)nnc65)C4)c3)cn2)cc1. The number of hydrogen-bond donors (Lipinski definition) is 3. The van der Waals surface area contributed by atoms with Crippen LogP contribution in [0.3, 0.4) is 0 Å². The van der Waals surface area contributed by atoms with Gasteiger partial charge in [0.25, 0.3) is 0 Å². The number of aliphatic hydroxyl groups is 1. The van der Waals surface area contributed by atoms with E-state index >= 15 is 4.39 Å². The second-order valence-corrected chi connectivity index (χ2v) is 22.2. The third-order valence-corrected chi connectivity index (χ3v) is 16.5. The summed E-state index contributed by atoms with van der Waals surface area (Å²) in [7, 11) is 0. The maximum absolute atomic E-state index is 15.3. The number of carbonyl (C=O) groups is 3. The molecule has 3 aliphatic rings. The van der Waals surface area contributed by atoms with E-state index < -0.39 is 30.0 Å². The quantitative estimate of drug-likeness (QED) is 0.0956. The minimum absolute atomic E-state index is 0.00256. The topological polar surface area (TPSA) is 182 Å². The number of nitrogens with zero attached hydrogens (tertiary/aromatic N) is 8. The molecule has 3 N–H and O–H groups in total. The van der Waals surface area contributed by atoms with E-state index in [-0.39, 0.29) is 61.2 Å². The van der Waals surface area contributed by atoms with Crippen LogP contribution >= 0.6 is 34.3 Å². The summed E-state index contributed by atoms with van der Waals surface area (Å²) in [6.07, 6.45) is 3.32. The zero-order valence-electron chi connectivity index (χ0n) is 41.5. The number of aliphatic hydroxyl groups excluding tert-OH is 1. The van der Waals surface area contributed by atoms with Crippen LogP contribution in [0.2, 0.25) is 5.02 Å². The van der Waals surface area contributed by atoms with Gasteiger partial charge in [0, 0.05) is 70.7 Å². The highest BCUT2D eigenvalue weighted by Crippen LogP contribution is 2.40. The average molecular weight is 1040 g/mol. The number of amides is 3. The second kappa shape index (κ2) is 20.4. The molecule has 19 heteroatoms. The molecule has 1 saturated heterocycles. The van der Waals surface area contributed by atoms with Gasteiger partial charge in [0.15, 0.2) is 5.82 Å². The third kappa shape index (κ3) is 10.1. The number of thiophene rings is 1. The van der Waals surface area contributed by atoms with Crippen molar-refractivity contribution in [3.05, 3.63) is 140 Å². The van der Waals surface area contributed by atoms with E-state index in [4.69, 9.17) is 21.3 Å². The first-order valence-corrected chi connectivity index (χ1v) is 26.5. The number of rotatable bonds is 14. The maximum atomic E-state index is 15.3. The summed E-state index contributed by atoms with van der Waals surface area (Å²) in [5, 5.41) is 32.1. The minimum Gasteiger partial charge on any atom is -0.490 e. The Bertz CT molecular complexity index is 3250. The maximum Gasteiger partial charge on any atom is 0.248 e. The van der Waals surface area contributed by atoms with Crippen molar-refractivity contribution >= 4 is 57.7 Å². The summed E-state index contributed by atoms with van der Waals surface area (Å²) in [6.45, 7) is 13.7. The van der Waals surface area contributed by atoms with Crippen molar-refractivity contribution < 1.29 is 28.6 Å². The molecule has 0 spiro atoms. The number of aryl methyl sites for hydroxylation is 3. The number of ether oxygens (including phenoxy) is 1. The zero-order valence-corrected chi connectivity index (χ0v) is 43.9. The van der Waals surface area contributed by atoms with Gasteiger partial charge in [0.1, 0.15) is 46.6 Å². The first kappa shape index (κ1) is 50.0. The Morgan fingerprint density at radius 1 is 0.932 bits per heavy atom. The molecule has 4 aromatic heterocycles. The van der Waals surface area contributed by atoms with Gasteiger partial charge < -0.3 is 25.4 Å². The van der Waals surface area contributed by atoms with Crippen LogP contribution in [0.1, 0.15) is 109 Å². The molecule has 2 fully saturated rings. The molecule has 10 rings (SSSR count). The number of aliphatic imine (C=N–C) groups is 1. The number of hydrogen-bond acceptors (Lipinski definition) is 12. The summed E-state index contributed by atoms with van der Waals surface area (Å²) < 4.78 is 25.1. The molecule has 3 amide bonds. The number of halogens is 2. The average Bonchev–Trinajstić information content (AvgIpc) is 4.19. The molecular weight excluding hydrogens is 987 g/mol. The fourth-order valence-corrected chi connectivity index (χ4v) is 12.2. The first-order chi connectivity index (χ1) is 35.0. The van der Waals surface area contributed by atoms with Crippen molar-refractivity contribution in [2.24, 2.45) is 10.9 Å². The fourth-order valence-electron chi connectivity index (χ4n) is 10.1. The van der Waals surface area contributed by atoms with Crippen LogP contribution in [0, 0.1) is 39.4 Å². The van der Waals surface area contributed by atoms with Gasteiger partial charge in [-0.05, 0) is 87.1 Å². The van der Waals surface area contributed by atoms with Crippen molar-refractivity contribution in [2.75, 3.05) is 6.54 Å². The molecule has 1 saturated carbocycles. The molecule has 73 heavy (non-hydrogen) atoms. The van der Waals surface area contributed by atoms with Gasteiger partial charge in [-0.3, -0.25) is 28.6 Å². The van der Waals surface area contributed by atoms with Crippen LogP contribution in [0.4, 0.5) is 4.39 Å². The second-order valence-electron chi connectivity index (χ2n) is 19.7. The molecule has 5 atom stereocenters. The van der Waals surface area contributed by atoms with Crippen LogP contribution < -0.4 is 15.4 Å². The number of β-amino-alcohol motifs (C(OH)–C–C–N with tert-alkyl or cyclic N) is 1. The van der Waals surface area contributed by atoms with E-state index in [1.165, 1.54) is 17.0 Å². The summed E-state index contributed by atoms with van der Waals surface area (Å²) in [5.74, 6) is -0.0168. The number of thiazole rings is 1. The van der Waals surface area contributed by atoms with E-state index in [0.29, 0.717) is 46.4 Å². The summed E-state index contributed by atoms with van der Waals surface area (Å²) >= 11 is 9.50. The highest BCUT2D eigenvalue weighted by atomic mass is 35.5. The van der Waals surface area contributed by atoms with Crippen molar-refractivity contribution in [3.8, 4) is 32.3 Å². The molecule has 1 aliphatic carbocycles. The molecule has 378 valence electrons. The summed E-state index contributed by atoms with van der Waals surface area (Å²) in [5.41, 5.74) is 9.55. The Balaban J connectivity index is 0.774. The first-order valence-electron chi connectivity index (χ1n) is 24.5. The fraction of sp³-hybridized carbons (Fsp3) is 0.370. The lowest BCUT2D eigenvalue weighted by molar-refractivity contribution is -0.142. The Morgan fingerprint density at radius 2 is 1.67 bits per heavy atom. The Morgan fingerprint density at radius 3 is 2.38 bits per heavy atom. The molecule has 7 aromatic rings. The number of aromatic nitrogens is 6. The van der Waals surface area contributed by atoms with Crippen molar-refractivity contribution in [1.82, 2.24) is 45.1 Å². The molecule has 3 aromatic carbocycles. The standard InChI is InChI=1S/C54H56ClFN10O5S2/c1-27(2)49(53(70)64-25-41(67)21-45(64)52(69)59-29(4)33-8-10-35(11-9-33)50-30(5)57-26-72-50)65-24-37(23-58-65)36-16-39(56)18-42(17-36)71-43-19-40(20-43)60-46(68)22-44-51-63-62-32(7)66(51)54-47(28(3)31(6)73-54)48(61-44)34-12-14-38(55)15-13-34/h8-18,23-24,26-27,29,40-41,43-45,49,67H,19-22,25H2,1-7H3,(H,59,69)(H,60,68)/t29-,40-,41+,43+,44-,45-,49-/m0/s1. The Labute approximate surface area is 435 Å². The lowest BCUT2D eigenvalue weighted by Gasteiger charge is -2.36. The van der Waals surface area contributed by atoms with E-state index in [1.54, 1.807) is 45.8 Å². The van der Waals surface area contributed by atoms with E-state index in [1.807, 2.05) is 93.2 Å². The number of carbonyl (C=O) groups excluding carboxylic acids is 3. The molecule has 15 nitrogen and oxygen atoms in total. The lowest BCUT2D eigenvalue weighted by Crippen LogP contribution is -2.49. The minimum atomic E-state index is -0.886. The van der Waals surface area contributed by atoms with Crippen LogP contribution in [0.25, 0.3) is 26.6 Å². The lowest BCUT2D eigenvalue weighted by atomic mass is 9.89. The highest BCUT2D eigenvalue weighted by Gasteiger charge is 2.43. The van der Waals surface area contributed by atoms with Crippen molar-refractivity contribution in [1.29, 1.82) is 0 Å². The van der Waals surface area contributed by atoms with E-state index in [2.05, 4.69) is 44.8 Å². The van der Waals surface area contributed by atoms with Crippen LogP contribution in [0.5, 0.6) is 5.75 Å². The van der Waals surface area contributed by atoms with Crippen LogP contribution in [-0.2, 0) is 14.4 Å². The van der Waals surface area contributed by atoms with Gasteiger partial charge in [-0.2, -0.15) is 5.10 Å². The molecule has 0 bridgehead atoms.